The predicted octanol–water partition coefficient (Wildman–Crippen LogP) is 1.68. The molecule has 0 spiro atoms. The van der Waals surface area contributed by atoms with Gasteiger partial charge in [-0.15, -0.1) is 0 Å². The molecule has 3 heterocycles. The number of phenolic OH excluding ortho intramolecular Hbond substituents is 1. The van der Waals surface area contributed by atoms with Crippen LogP contribution in [0.2, 0.25) is 0 Å². The molecule has 0 aliphatic carbocycles. The van der Waals surface area contributed by atoms with Gasteiger partial charge in [-0.1, -0.05) is 24.3 Å². The van der Waals surface area contributed by atoms with Gasteiger partial charge >= 0.3 is 6.01 Å². The number of aromatic nitrogens is 2. The third-order valence-corrected chi connectivity index (χ3v) is 6.20. The summed E-state index contributed by atoms with van der Waals surface area (Å²) in [5.74, 6) is 1.12. The number of nitrogens with zero attached hydrogens (tertiary/aromatic N) is 4. The second kappa shape index (κ2) is 8.20. The Balaban J connectivity index is 1.55. The summed E-state index contributed by atoms with van der Waals surface area (Å²) in [7, 11) is 1.58. The van der Waals surface area contributed by atoms with Crippen LogP contribution in [0.4, 0.5) is 11.5 Å². The molecule has 1 fully saturated rings. The van der Waals surface area contributed by atoms with E-state index in [0.717, 1.165) is 66.1 Å². The first-order chi connectivity index (χ1) is 15.2. The predicted molar refractivity (Wildman–Crippen MR) is 120 cm³/mol. The third kappa shape index (κ3) is 3.62. The molecule has 0 saturated carbocycles. The molecule has 2 aliphatic rings. The minimum Gasteiger partial charge on any atom is -0.508 e. The summed E-state index contributed by atoms with van der Waals surface area (Å²) in [6.07, 6.45) is 0.778. The van der Waals surface area contributed by atoms with Crippen LogP contribution in [0, 0.1) is 0 Å². The molecule has 162 valence electrons. The van der Waals surface area contributed by atoms with Crippen LogP contribution in [0.25, 0.3) is 10.8 Å². The van der Waals surface area contributed by atoms with Crippen LogP contribution >= 0.6 is 0 Å². The molecule has 2 aliphatic heterocycles. The van der Waals surface area contributed by atoms with E-state index in [0.29, 0.717) is 12.6 Å². The molecule has 0 bridgehead atoms. The molecule has 2 aromatic carbocycles. The molecule has 1 atom stereocenters. The average molecular weight is 422 g/mol. The normalized spacial score (nSPS) is 18.8. The fourth-order valence-corrected chi connectivity index (χ4v) is 4.66. The van der Waals surface area contributed by atoms with Crippen molar-refractivity contribution in [3.05, 3.63) is 47.7 Å². The summed E-state index contributed by atoms with van der Waals surface area (Å²) < 4.78 is 5.43. The number of rotatable bonds is 4. The Kier molecular flexibility index (Phi) is 5.25. The van der Waals surface area contributed by atoms with Gasteiger partial charge in [0.25, 0.3) is 0 Å². The van der Waals surface area contributed by atoms with Gasteiger partial charge in [-0.3, -0.25) is 0 Å². The first kappa shape index (κ1) is 19.8. The Morgan fingerprint density at radius 3 is 2.90 bits per heavy atom. The van der Waals surface area contributed by atoms with Crippen molar-refractivity contribution in [3.63, 3.8) is 0 Å². The first-order valence-electron chi connectivity index (χ1n) is 10.7. The molecule has 1 saturated heterocycles. The molecular formula is C23H27N5O3. The lowest BCUT2D eigenvalue weighted by Gasteiger charge is -2.39. The second-order valence-electron chi connectivity index (χ2n) is 8.05. The van der Waals surface area contributed by atoms with Gasteiger partial charge in [0, 0.05) is 48.9 Å². The topological polar surface area (TPSA) is 94.0 Å². The van der Waals surface area contributed by atoms with Gasteiger partial charge in [0.05, 0.1) is 32.0 Å². The van der Waals surface area contributed by atoms with Crippen molar-refractivity contribution < 1.29 is 14.9 Å². The Labute approximate surface area is 181 Å². The molecular weight excluding hydrogens is 394 g/mol. The molecule has 0 amide bonds. The Morgan fingerprint density at radius 2 is 2.06 bits per heavy atom. The van der Waals surface area contributed by atoms with Gasteiger partial charge in [-0.25, -0.2) is 0 Å². The minimum atomic E-state index is -0.0227. The zero-order valence-corrected chi connectivity index (χ0v) is 17.6. The minimum absolute atomic E-state index is 0.0227. The van der Waals surface area contributed by atoms with E-state index in [-0.39, 0.29) is 18.4 Å². The fourth-order valence-electron chi connectivity index (χ4n) is 4.66. The molecule has 3 aromatic rings. The number of piperazine rings is 1. The average Bonchev–Trinajstić information content (AvgIpc) is 2.82. The van der Waals surface area contributed by atoms with Crippen molar-refractivity contribution in [2.45, 2.75) is 19.0 Å². The molecule has 1 unspecified atom stereocenters. The molecule has 5 rings (SSSR count). The number of anilines is 2. The van der Waals surface area contributed by atoms with Crippen LogP contribution in [-0.4, -0.2) is 66.1 Å². The molecule has 8 heteroatoms. The maximum atomic E-state index is 10.3. The lowest BCUT2D eigenvalue weighted by atomic mass is 10.0. The SMILES string of the molecule is COc1nc2c(c(N3CCNCC3CO)n1)CCN(c1cc(O)cc3ccccc13)C2. The third-order valence-electron chi connectivity index (χ3n) is 6.20. The van der Waals surface area contributed by atoms with E-state index in [9.17, 15) is 10.2 Å². The molecule has 3 N–H and O–H groups in total. The molecule has 1 aromatic heterocycles. The number of nitrogens with one attached hydrogen (secondary N) is 1. The summed E-state index contributed by atoms with van der Waals surface area (Å²) in [4.78, 5) is 13.8. The number of aliphatic hydroxyl groups excluding tert-OH is 1. The summed E-state index contributed by atoms with van der Waals surface area (Å²) in [5.41, 5.74) is 3.04. The number of hydrogen-bond donors (Lipinski definition) is 3. The number of aliphatic hydroxyl groups is 1. The molecule has 31 heavy (non-hydrogen) atoms. The lowest BCUT2D eigenvalue weighted by molar-refractivity contribution is 0.245. The van der Waals surface area contributed by atoms with Gasteiger partial charge in [-0.2, -0.15) is 9.97 Å². The van der Waals surface area contributed by atoms with E-state index >= 15 is 0 Å². The Hall–Kier alpha value is -3.10. The number of phenols is 1. The molecule has 0 radical (unpaired) electrons. The first-order valence-corrected chi connectivity index (χ1v) is 10.7. The van der Waals surface area contributed by atoms with Crippen LogP contribution in [0.5, 0.6) is 11.8 Å². The maximum absolute atomic E-state index is 10.3. The van der Waals surface area contributed by atoms with Crippen molar-refractivity contribution in [3.8, 4) is 11.8 Å². The van der Waals surface area contributed by atoms with E-state index in [1.54, 1.807) is 13.2 Å². The van der Waals surface area contributed by atoms with Crippen LogP contribution in [-0.2, 0) is 13.0 Å². The molecule has 8 nitrogen and oxygen atoms in total. The van der Waals surface area contributed by atoms with Crippen molar-refractivity contribution in [1.82, 2.24) is 15.3 Å². The van der Waals surface area contributed by atoms with Gasteiger partial charge in [0.1, 0.15) is 11.6 Å². The summed E-state index contributed by atoms with van der Waals surface area (Å²) in [6, 6.07) is 12.0. The largest absolute Gasteiger partial charge is 0.508 e. The van der Waals surface area contributed by atoms with E-state index < -0.39 is 0 Å². The fraction of sp³-hybridized carbons (Fsp3) is 0.391. The van der Waals surface area contributed by atoms with E-state index in [2.05, 4.69) is 31.2 Å². The second-order valence-corrected chi connectivity index (χ2v) is 8.05. The van der Waals surface area contributed by atoms with E-state index in [1.165, 1.54) is 0 Å². The van der Waals surface area contributed by atoms with Crippen molar-refractivity contribution in [2.24, 2.45) is 0 Å². The summed E-state index contributed by atoms with van der Waals surface area (Å²) in [6.45, 7) is 3.80. The number of benzene rings is 2. The summed E-state index contributed by atoms with van der Waals surface area (Å²) in [5, 5.41) is 25.6. The number of fused-ring (bicyclic) bond motifs is 2. The number of methoxy groups -OCH3 is 1. The Morgan fingerprint density at radius 1 is 1.19 bits per heavy atom. The highest BCUT2D eigenvalue weighted by Crippen LogP contribution is 2.36. The van der Waals surface area contributed by atoms with Crippen molar-refractivity contribution in [1.29, 1.82) is 0 Å². The zero-order valence-electron chi connectivity index (χ0n) is 17.6. The zero-order chi connectivity index (χ0) is 21.4. The van der Waals surface area contributed by atoms with Crippen molar-refractivity contribution in [2.75, 3.05) is 49.7 Å². The smallest absolute Gasteiger partial charge is 0.318 e. The Bertz CT molecular complexity index is 1110. The summed E-state index contributed by atoms with van der Waals surface area (Å²) >= 11 is 0. The van der Waals surface area contributed by atoms with Crippen LogP contribution in [0.15, 0.2) is 36.4 Å². The number of hydrogen-bond acceptors (Lipinski definition) is 8. The van der Waals surface area contributed by atoms with Crippen LogP contribution < -0.4 is 19.9 Å². The number of ether oxygens (including phenoxy) is 1. The van der Waals surface area contributed by atoms with E-state index in [1.807, 2.05) is 24.3 Å². The van der Waals surface area contributed by atoms with Gasteiger partial charge < -0.3 is 30.1 Å². The highest BCUT2D eigenvalue weighted by molar-refractivity contribution is 5.95. The van der Waals surface area contributed by atoms with Gasteiger partial charge in [0.2, 0.25) is 0 Å². The van der Waals surface area contributed by atoms with Crippen LogP contribution in [0.1, 0.15) is 11.3 Å². The van der Waals surface area contributed by atoms with Gasteiger partial charge in [0.15, 0.2) is 0 Å². The van der Waals surface area contributed by atoms with Crippen LogP contribution in [0.3, 0.4) is 0 Å². The maximum Gasteiger partial charge on any atom is 0.318 e. The highest BCUT2D eigenvalue weighted by Gasteiger charge is 2.30. The van der Waals surface area contributed by atoms with Gasteiger partial charge in [-0.05, 0) is 17.9 Å². The lowest BCUT2D eigenvalue weighted by Crippen LogP contribution is -2.54. The van der Waals surface area contributed by atoms with E-state index in [4.69, 9.17) is 4.74 Å². The number of aromatic hydroxyl groups is 1. The van der Waals surface area contributed by atoms with Crippen molar-refractivity contribution >= 4 is 22.3 Å². The highest BCUT2D eigenvalue weighted by atomic mass is 16.5. The standard InChI is InChI=1S/C23H27N5O3/c1-31-23-25-20-13-27(21-11-17(30)10-15-4-2-3-5-18(15)21)8-6-19(20)22(26-23)28-9-7-24-12-16(28)14-29/h2-5,10-11,16,24,29-30H,6-9,12-14H2,1H3. The quantitative estimate of drug-likeness (QED) is 0.586. The monoisotopic (exact) mass is 421 g/mol.